The van der Waals surface area contributed by atoms with Crippen molar-refractivity contribution >= 4 is 29.9 Å². The van der Waals surface area contributed by atoms with Crippen molar-refractivity contribution in [2.24, 2.45) is 10.9 Å². The van der Waals surface area contributed by atoms with Crippen molar-refractivity contribution in [3.05, 3.63) is 17.0 Å². The Kier molecular flexibility index (Phi) is 11.2. The molecule has 0 aromatic carbocycles. The summed E-state index contributed by atoms with van der Waals surface area (Å²) in [7, 11) is 1.82. The van der Waals surface area contributed by atoms with Gasteiger partial charge in [-0.05, 0) is 51.2 Å². The van der Waals surface area contributed by atoms with E-state index in [-0.39, 0.29) is 24.0 Å². The van der Waals surface area contributed by atoms with Crippen molar-refractivity contribution in [3.63, 3.8) is 0 Å². The maximum absolute atomic E-state index is 5.43. The fourth-order valence-corrected chi connectivity index (χ4v) is 3.52. The molecule has 0 spiro atoms. The first kappa shape index (κ1) is 23.2. The zero-order valence-electron chi connectivity index (χ0n) is 16.8. The fourth-order valence-electron chi connectivity index (χ4n) is 3.52. The molecule has 0 unspecified atom stereocenters. The van der Waals surface area contributed by atoms with E-state index in [0.29, 0.717) is 6.54 Å². The number of halogens is 1. The Hall–Kier alpha value is -0.830. The first-order valence-corrected chi connectivity index (χ1v) is 9.84. The van der Waals surface area contributed by atoms with E-state index in [4.69, 9.17) is 4.52 Å². The number of aromatic nitrogens is 1. The Morgan fingerprint density at radius 2 is 1.92 bits per heavy atom. The van der Waals surface area contributed by atoms with Crippen LogP contribution in [0.3, 0.4) is 0 Å². The van der Waals surface area contributed by atoms with E-state index in [1.165, 1.54) is 44.5 Å². The molecule has 0 amide bonds. The van der Waals surface area contributed by atoms with Crippen LogP contribution < -0.4 is 10.6 Å². The molecule has 0 bridgehead atoms. The summed E-state index contributed by atoms with van der Waals surface area (Å²) in [6.45, 7) is 11.8. The van der Waals surface area contributed by atoms with Crippen LogP contribution in [0.2, 0.25) is 0 Å². The number of aryl methyl sites for hydroxylation is 2. The minimum atomic E-state index is 0. The Labute approximate surface area is 175 Å². The Morgan fingerprint density at radius 3 is 2.50 bits per heavy atom. The van der Waals surface area contributed by atoms with Gasteiger partial charge in [-0.25, -0.2) is 0 Å². The van der Waals surface area contributed by atoms with Crippen LogP contribution in [-0.2, 0) is 19.4 Å². The topological polar surface area (TPSA) is 65.7 Å². The molecule has 2 N–H and O–H groups in total. The average molecular weight is 477 g/mol. The lowest BCUT2D eigenvalue weighted by Gasteiger charge is -2.31. The monoisotopic (exact) mass is 477 g/mol. The molecule has 0 atom stereocenters. The summed E-state index contributed by atoms with van der Waals surface area (Å²) in [6, 6.07) is 0. The summed E-state index contributed by atoms with van der Waals surface area (Å²) >= 11 is 0. The molecule has 0 aliphatic carbocycles. The summed E-state index contributed by atoms with van der Waals surface area (Å²) in [5.74, 6) is 2.67. The molecule has 7 heteroatoms. The lowest BCUT2D eigenvalue weighted by Crippen LogP contribution is -2.39. The molecule has 6 nitrogen and oxygen atoms in total. The van der Waals surface area contributed by atoms with Gasteiger partial charge in [0.05, 0.1) is 5.69 Å². The number of piperidine rings is 1. The number of rotatable bonds is 8. The van der Waals surface area contributed by atoms with Gasteiger partial charge in [-0.1, -0.05) is 25.9 Å². The van der Waals surface area contributed by atoms with Crippen LogP contribution in [0.1, 0.15) is 57.1 Å². The van der Waals surface area contributed by atoms with E-state index >= 15 is 0 Å². The van der Waals surface area contributed by atoms with Gasteiger partial charge in [-0.2, -0.15) is 0 Å². The van der Waals surface area contributed by atoms with E-state index in [1.807, 2.05) is 7.05 Å². The molecule has 1 aromatic heterocycles. The molecule has 1 aliphatic heterocycles. The van der Waals surface area contributed by atoms with Gasteiger partial charge in [-0.3, -0.25) is 4.99 Å². The van der Waals surface area contributed by atoms with Crippen LogP contribution in [0.5, 0.6) is 0 Å². The maximum Gasteiger partial charge on any atom is 0.191 e. The molecule has 1 fully saturated rings. The standard InChI is InChI=1S/C19H35N5O.HI/c1-5-17-16(18(6-2)25-23-17)14-22-19(20-4)21-11-8-15-9-12-24(7-3)13-10-15;/h15H,5-14H2,1-4H3,(H2,20,21,22);1H. The number of guanidine groups is 1. The van der Waals surface area contributed by atoms with Crippen LogP contribution in [0.25, 0.3) is 0 Å². The van der Waals surface area contributed by atoms with Crippen molar-refractivity contribution in [1.29, 1.82) is 0 Å². The van der Waals surface area contributed by atoms with Crippen molar-refractivity contribution in [2.45, 2.75) is 59.4 Å². The SMILES string of the molecule is CCc1noc(CC)c1CNC(=NC)NCCC1CCN(CC)CC1.I. The van der Waals surface area contributed by atoms with Crippen LogP contribution >= 0.6 is 24.0 Å². The number of hydrogen-bond donors (Lipinski definition) is 2. The number of hydrogen-bond acceptors (Lipinski definition) is 4. The molecule has 150 valence electrons. The molecular formula is C19H36IN5O. The van der Waals surface area contributed by atoms with Crippen molar-refractivity contribution in [1.82, 2.24) is 20.7 Å². The smallest absolute Gasteiger partial charge is 0.191 e. The van der Waals surface area contributed by atoms with Gasteiger partial charge in [0, 0.05) is 32.1 Å². The Morgan fingerprint density at radius 1 is 1.19 bits per heavy atom. The first-order chi connectivity index (χ1) is 12.2. The predicted octanol–water partition coefficient (Wildman–Crippen LogP) is 3.20. The van der Waals surface area contributed by atoms with Gasteiger partial charge < -0.3 is 20.1 Å². The van der Waals surface area contributed by atoms with Gasteiger partial charge in [0.2, 0.25) is 0 Å². The summed E-state index contributed by atoms with van der Waals surface area (Å²) < 4.78 is 5.43. The minimum Gasteiger partial charge on any atom is -0.361 e. The highest BCUT2D eigenvalue weighted by atomic mass is 127. The van der Waals surface area contributed by atoms with Gasteiger partial charge in [0.25, 0.3) is 0 Å². The van der Waals surface area contributed by atoms with Crippen molar-refractivity contribution in [3.8, 4) is 0 Å². The van der Waals surface area contributed by atoms with Crippen LogP contribution in [0.4, 0.5) is 0 Å². The zero-order chi connectivity index (χ0) is 18.1. The first-order valence-electron chi connectivity index (χ1n) is 9.84. The van der Waals surface area contributed by atoms with Gasteiger partial charge in [0.15, 0.2) is 5.96 Å². The van der Waals surface area contributed by atoms with E-state index in [1.54, 1.807) is 0 Å². The fraction of sp³-hybridized carbons (Fsp3) is 0.789. The number of nitrogens with zero attached hydrogens (tertiary/aromatic N) is 3. The van der Waals surface area contributed by atoms with E-state index < -0.39 is 0 Å². The number of aliphatic imine (C=N–C) groups is 1. The number of likely N-dealkylation sites (tertiary alicyclic amines) is 1. The lowest BCUT2D eigenvalue weighted by molar-refractivity contribution is 0.187. The van der Waals surface area contributed by atoms with Gasteiger partial charge in [0.1, 0.15) is 5.76 Å². The second-order valence-electron chi connectivity index (χ2n) is 6.76. The molecule has 0 radical (unpaired) electrons. The third-order valence-corrected chi connectivity index (χ3v) is 5.26. The second-order valence-corrected chi connectivity index (χ2v) is 6.76. The predicted molar refractivity (Wildman–Crippen MR) is 118 cm³/mol. The zero-order valence-corrected chi connectivity index (χ0v) is 19.1. The highest BCUT2D eigenvalue weighted by molar-refractivity contribution is 14.0. The van der Waals surface area contributed by atoms with Crippen LogP contribution in [-0.4, -0.2) is 49.2 Å². The molecule has 26 heavy (non-hydrogen) atoms. The average Bonchev–Trinajstić information content (AvgIpc) is 3.07. The number of nitrogens with one attached hydrogen (secondary N) is 2. The summed E-state index contributed by atoms with van der Waals surface area (Å²) in [5.41, 5.74) is 2.22. The Bertz CT molecular complexity index is 517. The highest BCUT2D eigenvalue weighted by Crippen LogP contribution is 2.19. The summed E-state index contributed by atoms with van der Waals surface area (Å²) in [5, 5.41) is 11.0. The van der Waals surface area contributed by atoms with Gasteiger partial charge in [-0.15, -0.1) is 24.0 Å². The quantitative estimate of drug-likeness (QED) is 0.342. The van der Waals surface area contributed by atoms with Crippen molar-refractivity contribution in [2.75, 3.05) is 33.2 Å². The summed E-state index contributed by atoms with van der Waals surface area (Å²) in [4.78, 5) is 6.88. The van der Waals surface area contributed by atoms with E-state index in [0.717, 1.165) is 42.7 Å². The normalized spacial score (nSPS) is 16.4. The summed E-state index contributed by atoms with van der Waals surface area (Å²) in [6.07, 6.45) is 5.62. The third-order valence-electron chi connectivity index (χ3n) is 5.26. The Balaban J connectivity index is 0.00000338. The molecule has 1 aliphatic rings. The molecule has 1 aromatic rings. The van der Waals surface area contributed by atoms with Crippen molar-refractivity contribution < 1.29 is 4.52 Å². The van der Waals surface area contributed by atoms with E-state index in [9.17, 15) is 0 Å². The third kappa shape index (κ3) is 6.72. The second kappa shape index (κ2) is 12.5. The molecule has 1 saturated heterocycles. The van der Waals surface area contributed by atoms with Gasteiger partial charge >= 0.3 is 0 Å². The van der Waals surface area contributed by atoms with Crippen LogP contribution in [0, 0.1) is 5.92 Å². The highest BCUT2D eigenvalue weighted by Gasteiger charge is 2.18. The molecular weight excluding hydrogens is 441 g/mol. The lowest BCUT2D eigenvalue weighted by atomic mass is 9.93. The molecule has 0 saturated carbocycles. The largest absolute Gasteiger partial charge is 0.361 e. The van der Waals surface area contributed by atoms with Crippen LogP contribution in [0.15, 0.2) is 9.52 Å². The minimum absolute atomic E-state index is 0. The van der Waals surface area contributed by atoms with E-state index in [2.05, 4.69) is 46.5 Å². The maximum atomic E-state index is 5.43. The molecule has 2 heterocycles. The molecule has 2 rings (SSSR count).